The fourth-order valence-corrected chi connectivity index (χ4v) is 3.29. The highest BCUT2D eigenvalue weighted by Crippen LogP contribution is 2.37. The zero-order chi connectivity index (χ0) is 12.0. The molecule has 0 aliphatic carbocycles. The summed E-state index contributed by atoms with van der Waals surface area (Å²) in [6.07, 6.45) is 4.38. The highest BCUT2D eigenvalue weighted by atomic mass is 16.1. The number of H-pyrrole nitrogens is 1. The molecule has 0 aromatic carbocycles. The van der Waals surface area contributed by atoms with Crippen LogP contribution in [0.25, 0.3) is 0 Å². The molecule has 2 aliphatic rings. The highest BCUT2D eigenvalue weighted by Gasteiger charge is 2.40. The normalized spacial score (nSPS) is 31.9. The minimum Gasteiger partial charge on any atom is -0.350 e. The lowest BCUT2D eigenvalue weighted by Crippen LogP contribution is -2.48. The summed E-state index contributed by atoms with van der Waals surface area (Å²) in [6.45, 7) is 1.82. The Bertz CT molecular complexity index is 470. The molecule has 2 atom stereocenters. The van der Waals surface area contributed by atoms with Gasteiger partial charge in [-0.1, -0.05) is 0 Å². The molecule has 0 radical (unpaired) electrons. The van der Waals surface area contributed by atoms with Crippen LogP contribution in [0.4, 0.5) is 5.82 Å². The van der Waals surface area contributed by atoms with Gasteiger partial charge in [0.1, 0.15) is 11.6 Å². The second-order valence-electron chi connectivity index (χ2n) is 5.21. The third kappa shape index (κ3) is 1.84. The molecule has 92 valence electrons. The first kappa shape index (κ1) is 10.8. The van der Waals surface area contributed by atoms with E-state index >= 15 is 0 Å². The van der Waals surface area contributed by atoms with Crippen molar-refractivity contribution >= 4 is 5.82 Å². The first-order chi connectivity index (χ1) is 8.13. The Morgan fingerprint density at radius 2 is 2.06 bits per heavy atom. The lowest BCUT2D eigenvalue weighted by atomic mass is 9.98. The Morgan fingerprint density at radius 1 is 1.41 bits per heavy atom. The van der Waals surface area contributed by atoms with Gasteiger partial charge in [0, 0.05) is 24.2 Å². The molecular formula is C12H18N4O. The monoisotopic (exact) mass is 234 g/mol. The topological polar surface area (TPSA) is 75.0 Å². The van der Waals surface area contributed by atoms with E-state index in [1.54, 1.807) is 6.07 Å². The summed E-state index contributed by atoms with van der Waals surface area (Å²) in [6, 6.07) is 2.86. The van der Waals surface area contributed by atoms with Crippen LogP contribution in [0, 0.1) is 6.92 Å². The Kier molecular flexibility index (Phi) is 2.43. The lowest BCUT2D eigenvalue weighted by molar-refractivity contribution is 0.411. The molecule has 0 spiro atoms. The molecule has 3 rings (SSSR count). The number of anilines is 1. The Labute approximate surface area is 100 Å². The van der Waals surface area contributed by atoms with Gasteiger partial charge in [-0.2, -0.15) is 0 Å². The van der Waals surface area contributed by atoms with E-state index in [9.17, 15) is 4.79 Å². The van der Waals surface area contributed by atoms with Gasteiger partial charge in [-0.25, -0.2) is 4.98 Å². The van der Waals surface area contributed by atoms with Crippen LogP contribution in [-0.4, -0.2) is 28.1 Å². The third-order valence-corrected chi connectivity index (χ3v) is 3.88. The second kappa shape index (κ2) is 3.84. The average Bonchev–Trinajstić information content (AvgIpc) is 2.50. The number of aromatic amines is 1. The molecule has 3 heterocycles. The summed E-state index contributed by atoms with van der Waals surface area (Å²) in [5, 5.41) is 0. The first-order valence-electron chi connectivity index (χ1n) is 6.25. The number of fused-ring (bicyclic) bond motifs is 2. The zero-order valence-corrected chi connectivity index (χ0v) is 10.0. The number of piperidine rings is 1. The number of aromatic nitrogens is 2. The van der Waals surface area contributed by atoms with Gasteiger partial charge in [-0.3, -0.25) is 4.79 Å². The highest BCUT2D eigenvalue weighted by molar-refractivity contribution is 5.43. The molecule has 2 saturated heterocycles. The number of hydrogen-bond acceptors (Lipinski definition) is 4. The predicted molar refractivity (Wildman–Crippen MR) is 66.1 cm³/mol. The fraction of sp³-hybridized carbons (Fsp3) is 0.667. The molecule has 1 aromatic rings. The molecule has 2 fully saturated rings. The number of nitrogens with two attached hydrogens (primary N) is 1. The van der Waals surface area contributed by atoms with Gasteiger partial charge in [0.15, 0.2) is 0 Å². The smallest absolute Gasteiger partial charge is 0.252 e. The van der Waals surface area contributed by atoms with E-state index < -0.39 is 0 Å². The van der Waals surface area contributed by atoms with Crippen LogP contribution in [0.5, 0.6) is 0 Å². The maximum atomic E-state index is 11.5. The van der Waals surface area contributed by atoms with Crippen molar-refractivity contribution in [1.29, 1.82) is 0 Å². The van der Waals surface area contributed by atoms with Crippen molar-refractivity contribution in [3.05, 3.63) is 22.2 Å². The van der Waals surface area contributed by atoms with Gasteiger partial charge < -0.3 is 15.6 Å². The minimum absolute atomic E-state index is 0.0678. The van der Waals surface area contributed by atoms with E-state index in [0.29, 0.717) is 23.9 Å². The van der Waals surface area contributed by atoms with Crippen LogP contribution < -0.4 is 16.2 Å². The number of aryl methyl sites for hydroxylation is 1. The van der Waals surface area contributed by atoms with Crippen molar-refractivity contribution in [2.45, 2.75) is 50.7 Å². The predicted octanol–water partition coefficient (Wildman–Crippen LogP) is 0.537. The van der Waals surface area contributed by atoms with E-state index in [2.05, 4.69) is 14.9 Å². The molecule has 1 aromatic heterocycles. The Hall–Kier alpha value is -1.36. The van der Waals surface area contributed by atoms with Gasteiger partial charge >= 0.3 is 0 Å². The van der Waals surface area contributed by atoms with Gasteiger partial charge in [0.25, 0.3) is 5.56 Å². The summed E-state index contributed by atoms with van der Waals surface area (Å²) < 4.78 is 0. The zero-order valence-electron chi connectivity index (χ0n) is 10.0. The van der Waals surface area contributed by atoms with Crippen molar-refractivity contribution in [3.63, 3.8) is 0 Å². The van der Waals surface area contributed by atoms with Gasteiger partial charge in [0.2, 0.25) is 0 Å². The van der Waals surface area contributed by atoms with Crippen molar-refractivity contribution < 1.29 is 0 Å². The summed E-state index contributed by atoms with van der Waals surface area (Å²) in [5.41, 5.74) is 5.97. The number of hydrogen-bond donors (Lipinski definition) is 2. The molecular weight excluding hydrogens is 216 g/mol. The molecule has 0 amide bonds. The summed E-state index contributed by atoms with van der Waals surface area (Å²) in [7, 11) is 0. The molecule has 3 N–H and O–H groups in total. The van der Waals surface area contributed by atoms with E-state index in [-0.39, 0.29) is 5.56 Å². The SMILES string of the molecule is Cc1nc(N2C3CCC2CC(N)C3)cc(=O)[nH]1. The van der Waals surface area contributed by atoms with Crippen LogP contribution in [0.15, 0.2) is 10.9 Å². The quantitative estimate of drug-likeness (QED) is 0.743. The van der Waals surface area contributed by atoms with E-state index in [4.69, 9.17) is 5.73 Å². The van der Waals surface area contributed by atoms with Gasteiger partial charge in [-0.15, -0.1) is 0 Å². The molecule has 2 aliphatic heterocycles. The van der Waals surface area contributed by atoms with Crippen molar-refractivity contribution in [2.24, 2.45) is 5.73 Å². The summed E-state index contributed by atoms with van der Waals surface area (Å²) >= 11 is 0. The van der Waals surface area contributed by atoms with Crippen molar-refractivity contribution in [2.75, 3.05) is 4.90 Å². The van der Waals surface area contributed by atoms with Crippen molar-refractivity contribution in [3.8, 4) is 0 Å². The minimum atomic E-state index is -0.0678. The Balaban J connectivity index is 1.97. The molecule has 5 nitrogen and oxygen atoms in total. The van der Waals surface area contributed by atoms with Gasteiger partial charge in [-0.05, 0) is 32.6 Å². The van der Waals surface area contributed by atoms with Crippen LogP contribution in [0.2, 0.25) is 0 Å². The lowest BCUT2D eigenvalue weighted by Gasteiger charge is -2.38. The maximum absolute atomic E-state index is 11.5. The molecule has 0 saturated carbocycles. The van der Waals surface area contributed by atoms with Crippen LogP contribution in [0.3, 0.4) is 0 Å². The Morgan fingerprint density at radius 3 is 2.65 bits per heavy atom. The van der Waals surface area contributed by atoms with Crippen LogP contribution in [0.1, 0.15) is 31.5 Å². The molecule has 5 heteroatoms. The van der Waals surface area contributed by atoms with E-state index in [0.717, 1.165) is 18.7 Å². The number of rotatable bonds is 1. The molecule has 2 unspecified atom stereocenters. The average molecular weight is 234 g/mol. The van der Waals surface area contributed by atoms with Crippen molar-refractivity contribution in [1.82, 2.24) is 9.97 Å². The van der Waals surface area contributed by atoms with Gasteiger partial charge in [0.05, 0.1) is 0 Å². The standard InChI is InChI=1S/C12H18N4O/c1-7-14-11(6-12(17)15-7)16-9-2-3-10(16)5-8(13)4-9/h6,8-10H,2-5,13H2,1H3,(H,14,15,17). The molecule has 2 bridgehead atoms. The number of nitrogens with one attached hydrogen (secondary N) is 1. The number of nitrogens with zero attached hydrogens (tertiary/aromatic N) is 2. The summed E-state index contributed by atoms with van der Waals surface area (Å²) in [4.78, 5) is 21.0. The van der Waals surface area contributed by atoms with E-state index in [1.807, 2.05) is 6.92 Å². The fourth-order valence-electron chi connectivity index (χ4n) is 3.29. The molecule has 17 heavy (non-hydrogen) atoms. The van der Waals surface area contributed by atoms with E-state index in [1.165, 1.54) is 12.8 Å². The van der Waals surface area contributed by atoms with Crippen LogP contribution in [-0.2, 0) is 0 Å². The maximum Gasteiger partial charge on any atom is 0.252 e. The van der Waals surface area contributed by atoms with Crippen LogP contribution >= 0.6 is 0 Å². The second-order valence-corrected chi connectivity index (χ2v) is 5.21. The third-order valence-electron chi connectivity index (χ3n) is 3.88. The summed E-state index contributed by atoms with van der Waals surface area (Å²) in [5.74, 6) is 1.51. The first-order valence-corrected chi connectivity index (χ1v) is 6.25. The largest absolute Gasteiger partial charge is 0.350 e.